The molecule has 1 heterocycles. The molecule has 0 radical (unpaired) electrons. The molecule has 0 fully saturated rings. The fourth-order valence-electron chi connectivity index (χ4n) is 1.81. The molecule has 2 aromatic rings. The van der Waals surface area contributed by atoms with E-state index in [-0.39, 0.29) is 0 Å². The van der Waals surface area contributed by atoms with E-state index in [1.54, 1.807) is 13.3 Å². The Morgan fingerprint density at radius 2 is 2.26 bits per heavy atom. The first-order valence-corrected chi connectivity index (χ1v) is 7.16. The molecule has 0 saturated carbocycles. The minimum Gasteiger partial charge on any atom is -0.497 e. The van der Waals surface area contributed by atoms with Crippen molar-refractivity contribution in [3.8, 4) is 11.4 Å². The van der Waals surface area contributed by atoms with Crippen LogP contribution in [0.2, 0.25) is 0 Å². The number of nitrogens with zero attached hydrogens (tertiary/aromatic N) is 2. The van der Waals surface area contributed by atoms with Crippen molar-refractivity contribution in [2.75, 3.05) is 19.0 Å². The fraction of sp³-hybridized carbons (Fsp3) is 0.357. The first kappa shape index (κ1) is 13.9. The zero-order valence-electron chi connectivity index (χ0n) is 11.2. The van der Waals surface area contributed by atoms with Crippen LogP contribution in [0, 0.1) is 0 Å². The van der Waals surface area contributed by atoms with Crippen LogP contribution in [0.5, 0.6) is 5.75 Å². The highest BCUT2D eigenvalue weighted by atomic mass is 79.9. The van der Waals surface area contributed by atoms with Crippen molar-refractivity contribution in [2.45, 2.75) is 19.8 Å². The maximum atomic E-state index is 5.27. The SMILES string of the molecule is CCCCNc1nccn1-c1cc(OC)ccc1Br. The number of imidazole rings is 1. The van der Waals surface area contributed by atoms with Gasteiger partial charge >= 0.3 is 0 Å². The summed E-state index contributed by atoms with van der Waals surface area (Å²) >= 11 is 3.57. The Kier molecular flexibility index (Phi) is 4.85. The number of anilines is 1. The Morgan fingerprint density at radius 3 is 3.00 bits per heavy atom. The van der Waals surface area contributed by atoms with Crippen molar-refractivity contribution in [3.05, 3.63) is 35.1 Å². The molecule has 5 heteroatoms. The number of hydrogen-bond donors (Lipinski definition) is 1. The summed E-state index contributed by atoms with van der Waals surface area (Å²) in [6, 6.07) is 5.88. The van der Waals surface area contributed by atoms with Crippen LogP contribution in [0.4, 0.5) is 5.95 Å². The first-order valence-electron chi connectivity index (χ1n) is 6.37. The maximum Gasteiger partial charge on any atom is 0.207 e. The minimum atomic E-state index is 0.825. The van der Waals surface area contributed by atoms with Crippen LogP contribution in [-0.4, -0.2) is 23.2 Å². The molecule has 4 nitrogen and oxygen atoms in total. The number of benzene rings is 1. The Bertz CT molecular complexity index is 539. The molecule has 0 amide bonds. The highest BCUT2D eigenvalue weighted by Crippen LogP contribution is 2.27. The molecule has 0 aliphatic rings. The van der Waals surface area contributed by atoms with E-state index in [1.165, 1.54) is 0 Å². The molecule has 1 aromatic carbocycles. The molecule has 0 unspecified atom stereocenters. The summed E-state index contributed by atoms with van der Waals surface area (Å²) in [6.07, 6.45) is 6.02. The molecule has 19 heavy (non-hydrogen) atoms. The summed E-state index contributed by atoms with van der Waals surface area (Å²) in [5.41, 5.74) is 1.01. The number of nitrogens with one attached hydrogen (secondary N) is 1. The second-order valence-electron chi connectivity index (χ2n) is 4.22. The van der Waals surface area contributed by atoms with E-state index in [0.29, 0.717) is 0 Å². The van der Waals surface area contributed by atoms with Gasteiger partial charge in [0.1, 0.15) is 5.75 Å². The van der Waals surface area contributed by atoms with Gasteiger partial charge in [0.2, 0.25) is 5.95 Å². The van der Waals surface area contributed by atoms with Gasteiger partial charge in [-0.05, 0) is 34.5 Å². The van der Waals surface area contributed by atoms with Gasteiger partial charge in [0.15, 0.2) is 0 Å². The van der Waals surface area contributed by atoms with Crippen LogP contribution in [0.25, 0.3) is 5.69 Å². The highest BCUT2D eigenvalue weighted by molar-refractivity contribution is 9.10. The van der Waals surface area contributed by atoms with Crippen LogP contribution in [0.1, 0.15) is 19.8 Å². The lowest BCUT2D eigenvalue weighted by Gasteiger charge is -2.12. The van der Waals surface area contributed by atoms with E-state index in [0.717, 1.165) is 41.2 Å². The molecule has 2 rings (SSSR count). The average molecular weight is 324 g/mol. The molecular weight excluding hydrogens is 306 g/mol. The van der Waals surface area contributed by atoms with Crippen LogP contribution in [0.15, 0.2) is 35.1 Å². The summed E-state index contributed by atoms with van der Waals surface area (Å²) < 4.78 is 8.29. The summed E-state index contributed by atoms with van der Waals surface area (Å²) in [6.45, 7) is 3.10. The first-order chi connectivity index (χ1) is 9.26. The normalized spacial score (nSPS) is 10.5. The van der Waals surface area contributed by atoms with Crippen molar-refractivity contribution in [2.24, 2.45) is 0 Å². The van der Waals surface area contributed by atoms with Crippen LogP contribution in [-0.2, 0) is 0 Å². The molecule has 0 bridgehead atoms. The largest absolute Gasteiger partial charge is 0.497 e. The van der Waals surface area contributed by atoms with E-state index in [4.69, 9.17) is 4.74 Å². The smallest absolute Gasteiger partial charge is 0.207 e. The molecule has 0 aliphatic carbocycles. The summed E-state index contributed by atoms with van der Waals surface area (Å²) in [7, 11) is 1.67. The summed E-state index contributed by atoms with van der Waals surface area (Å²) in [5, 5.41) is 3.35. The second kappa shape index (κ2) is 6.61. The molecule has 0 atom stereocenters. The third-order valence-electron chi connectivity index (χ3n) is 2.87. The van der Waals surface area contributed by atoms with E-state index < -0.39 is 0 Å². The number of halogens is 1. The predicted octanol–water partition coefficient (Wildman–Crippen LogP) is 3.86. The third-order valence-corrected chi connectivity index (χ3v) is 3.54. The zero-order valence-corrected chi connectivity index (χ0v) is 12.8. The van der Waals surface area contributed by atoms with Crippen molar-refractivity contribution in [1.29, 1.82) is 0 Å². The van der Waals surface area contributed by atoms with Crippen LogP contribution >= 0.6 is 15.9 Å². The summed E-state index contributed by atoms with van der Waals surface area (Å²) in [4.78, 5) is 4.35. The number of ether oxygens (including phenoxy) is 1. The topological polar surface area (TPSA) is 39.1 Å². The second-order valence-corrected chi connectivity index (χ2v) is 5.07. The quantitative estimate of drug-likeness (QED) is 0.820. The van der Waals surface area contributed by atoms with Gasteiger partial charge in [-0.2, -0.15) is 0 Å². The van der Waals surface area contributed by atoms with E-state index in [2.05, 4.69) is 33.2 Å². The Morgan fingerprint density at radius 1 is 1.42 bits per heavy atom. The Hall–Kier alpha value is -1.49. The van der Waals surface area contributed by atoms with Crippen molar-refractivity contribution >= 4 is 21.9 Å². The molecule has 0 saturated heterocycles. The van der Waals surface area contributed by atoms with Gasteiger partial charge in [-0.3, -0.25) is 4.57 Å². The lowest BCUT2D eigenvalue weighted by molar-refractivity contribution is 0.414. The third kappa shape index (κ3) is 3.29. The van der Waals surface area contributed by atoms with Crippen molar-refractivity contribution in [3.63, 3.8) is 0 Å². The highest BCUT2D eigenvalue weighted by Gasteiger charge is 2.09. The molecular formula is C14H18BrN3O. The predicted molar refractivity (Wildman–Crippen MR) is 81.2 cm³/mol. The Labute approximate surface area is 121 Å². The van der Waals surface area contributed by atoms with Crippen molar-refractivity contribution in [1.82, 2.24) is 9.55 Å². The van der Waals surface area contributed by atoms with Crippen LogP contribution < -0.4 is 10.1 Å². The van der Waals surface area contributed by atoms with E-state index in [9.17, 15) is 0 Å². The maximum absolute atomic E-state index is 5.27. The van der Waals surface area contributed by atoms with Gasteiger partial charge < -0.3 is 10.1 Å². The number of hydrogen-bond acceptors (Lipinski definition) is 3. The van der Waals surface area contributed by atoms with Gasteiger partial charge in [-0.25, -0.2) is 4.98 Å². The van der Waals surface area contributed by atoms with Gasteiger partial charge in [-0.1, -0.05) is 13.3 Å². The zero-order chi connectivity index (χ0) is 13.7. The molecule has 0 spiro atoms. The van der Waals surface area contributed by atoms with Crippen LogP contribution in [0.3, 0.4) is 0 Å². The number of aromatic nitrogens is 2. The number of methoxy groups -OCH3 is 1. The van der Waals surface area contributed by atoms with Gasteiger partial charge in [-0.15, -0.1) is 0 Å². The number of rotatable bonds is 6. The molecule has 0 aliphatic heterocycles. The summed E-state index contributed by atoms with van der Waals surface area (Å²) in [5.74, 6) is 1.67. The minimum absolute atomic E-state index is 0.825. The molecule has 1 N–H and O–H groups in total. The molecule has 1 aromatic heterocycles. The fourth-order valence-corrected chi connectivity index (χ4v) is 2.25. The van der Waals surface area contributed by atoms with E-state index >= 15 is 0 Å². The lowest BCUT2D eigenvalue weighted by atomic mass is 10.3. The standard InChI is InChI=1S/C14H18BrN3O/c1-3-4-7-16-14-17-8-9-18(14)13-10-11(19-2)5-6-12(13)15/h5-6,8-10H,3-4,7H2,1-2H3,(H,16,17). The van der Waals surface area contributed by atoms with E-state index in [1.807, 2.05) is 29.0 Å². The van der Waals surface area contributed by atoms with Gasteiger partial charge in [0.25, 0.3) is 0 Å². The van der Waals surface area contributed by atoms with Crippen molar-refractivity contribution < 1.29 is 4.74 Å². The average Bonchev–Trinajstić information content (AvgIpc) is 2.88. The Balaban J connectivity index is 2.28. The monoisotopic (exact) mass is 323 g/mol. The molecule has 102 valence electrons. The van der Waals surface area contributed by atoms with Gasteiger partial charge in [0.05, 0.1) is 12.8 Å². The van der Waals surface area contributed by atoms with Gasteiger partial charge in [0, 0.05) is 29.5 Å². The lowest BCUT2D eigenvalue weighted by Crippen LogP contribution is -2.07. The number of unbranched alkanes of at least 4 members (excludes halogenated alkanes) is 1.